The van der Waals surface area contributed by atoms with E-state index in [-0.39, 0.29) is 5.92 Å². The lowest BCUT2D eigenvalue weighted by atomic mass is 9.90. The van der Waals surface area contributed by atoms with Gasteiger partial charge in [0.15, 0.2) is 0 Å². The summed E-state index contributed by atoms with van der Waals surface area (Å²) < 4.78 is 1.14. The number of carboxylic acid groups (broad SMARTS) is 1. The van der Waals surface area contributed by atoms with Crippen molar-refractivity contribution in [3.05, 3.63) is 33.8 Å². The summed E-state index contributed by atoms with van der Waals surface area (Å²) in [4.78, 5) is 10.9. The summed E-state index contributed by atoms with van der Waals surface area (Å²) >= 11 is 3.57. The van der Waals surface area contributed by atoms with Crippen LogP contribution < -0.4 is 0 Å². The molecular weight excluding hydrogens is 292 g/mol. The number of hydrogen-bond donors (Lipinski definition) is 1. The minimum atomic E-state index is -0.625. The monoisotopic (exact) mass is 310 g/mol. The van der Waals surface area contributed by atoms with Crippen LogP contribution >= 0.6 is 15.9 Å². The highest BCUT2D eigenvalue weighted by Crippen LogP contribution is 2.46. The first-order valence-electron chi connectivity index (χ1n) is 6.51. The molecule has 3 unspecified atom stereocenters. The van der Waals surface area contributed by atoms with Crippen molar-refractivity contribution >= 4 is 21.9 Å². The fraction of sp³-hybridized carbons (Fsp3) is 0.533. The molecule has 1 fully saturated rings. The maximum Gasteiger partial charge on any atom is 0.306 e. The van der Waals surface area contributed by atoms with Crippen LogP contribution in [0.5, 0.6) is 0 Å². The van der Waals surface area contributed by atoms with Crippen LogP contribution in [-0.2, 0) is 4.79 Å². The van der Waals surface area contributed by atoms with Gasteiger partial charge in [-0.2, -0.15) is 0 Å². The van der Waals surface area contributed by atoms with Gasteiger partial charge < -0.3 is 5.11 Å². The number of benzene rings is 1. The smallest absolute Gasteiger partial charge is 0.306 e. The van der Waals surface area contributed by atoms with Gasteiger partial charge in [-0.25, -0.2) is 0 Å². The predicted molar refractivity (Wildman–Crippen MR) is 75.8 cm³/mol. The van der Waals surface area contributed by atoms with Crippen molar-refractivity contribution in [1.82, 2.24) is 0 Å². The summed E-state index contributed by atoms with van der Waals surface area (Å²) in [7, 11) is 0. The number of halogens is 1. The topological polar surface area (TPSA) is 37.3 Å². The third kappa shape index (κ3) is 2.94. The fourth-order valence-corrected chi connectivity index (χ4v) is 2.97. The molecule has 0 radical (unpaired) electrons. The largest absolute Gasteiger partial charge is 0.481 e. The van der Waals surface area contributed by atoms with Crippen molar-refractivity contribution in [1.29, 1.82) is 0 Å². The third-order valence-corrected chi connectivity index (χ3v) is 4.84. The van der Waals surface area contributed by atoms with Gasteiger partial charge in [0.2, 0.25) is 0 Å². The van der Waals surface area contributed by atoms with Gasteiger partial charge in [-0.3, -0.25) is 4.79 Å². The summed E-state index contributed by atoms with van der Waals surface area (Å²) in [6, 6.07) is 6.48. The highest BCUT2D eigenvalue weighted by atomic mass is 79.9. The van der Waals surface area contributed by atoms with Crippen molar-refractivity contribution in [2.24, 2.45) is 11.8 Å². The molecule has 3 atom stereocenters. The molecule has 98 valence electrons. The van der Waals surface area contributed by atoms with Crippen LogP contribution in [0.4, 0.5) is 0 Å². The summed E-state index contributed by atoms with van der Waals surface area (Å²) in [5, 5.41) is 8.95. The van der Waals surface area contributed by atoms with E-state index in [9.17, 15) is 4.79 Å². The summed E-state index contributed by atoms with van der Waals surface area (Å²) in [6.45, 7) is 4.26. The van der Waals surface area contributed by atoms with Gasteiger partial charge in [0.25, 0.3) is 0 Å². The van der Waals surface area contributed by atoms with Crippen molar-refractivity contribution in [2.45, 2.75) is 39.0 Å². The van der Waals surface area contributed by atoms with E-state index in [0.29, 0.717) is 11.8 Å². The lowest BCUT2D eigenvalue weighted by Crippen LogP contribution is -2.04. The molecule has 18 heavy (non-hydrogen) atoms. The Labute approximate surface area is 117 Å². The highest BCUT2D eigenvalue weighted by Gasteiger charge is 2.43. The van der Waals surface area contributed by atoms with Crippen LogP contribution in [0.15, 0.2) is 22.7 Å². The average molecular weight is 311 g/mol. The first-order valence-corrected chi connectivity index (χ1v) is 7.31. The quantitative estimate of drug-likeness (QED) is 0.877. The van der Waals surface area contributed by atoms with Crippen LogP contribution in [0.1, 0.15) is 43.2 Å². The molecule has 1 saturated carbocycles. The van der Waals surface area contributed by atoms with Crippen molar-refractivity contribution in [3.63, 3.8) is 0 Å². The standard InChI is InChI=1S/C15H19BrO2/c1-3-10(6-12-7-13(12)15(17)18)11-5-4-9(2)14(16)8-11/h4-5,8,10,12-13H,3,6-7H2,1-2H3,(H,17,18). The Morgan fingerprint density at radius 3 is 2.78 bits per heavy atom. The molecule has 1 aromatic carbocycles. The second-order valence-electron chi connectivity index (χ2n) is 5.29. The van der Waals surface area contributed by atoms with E-state index in [2.05, 4.69) is 48.0 Å². The Morgan fingerprint density at radius 1 is 1.56 bits per heavy atom. The number of aliphatic carboxylic acids is 1. The van der Waals surface area contributed by atoms with E-state index in [1.165, 1.54) is 11.1 Å². The molecule has 2 rings (SSSR count). The molecule has 3 heteroatoms. The Hall–Kier alpha value is -0.830. The van der Waals surface area contributed by atoms with E-state index in [1.54, 1.807) is 0 Å². The lowest BCUT2D eigenvalue weighted by molar-refractivity contribution is -0.138. The molecule has 0 aromatic heterocycles. The second-order valence-corrected chi connectivity index (χ2v) is 6.14. The van der Waals surface area contributed by atoms with Crippen LogP contribution in [0.3, 0.4) is 0 Å². The van der Waals surface area contributed by atoms with Gasteiger partial charge in [0.05, 0.1) is 5.92 Å². The average Bonchev–Trinajstić information content (AvgIpc) is 3.09. The molecular formula is C15H19BrO2. The van der Waals surface area contributed by atoms with Crippen molar-refractivity contribution < 1.29 is 9.90 Å². The van der Waals surface area contributed by atoms with Gasteiger partial charge in [0, 0.05) is 4.47 Å². The van der Waals surface area contributed by atoms with Crippen LogP contribution in [0, 0.1) is 18.8 Å². The van der Waals surface area contributed by atoms with Gasteiger partial charge in [-0.15, -0.1) is 0 Å². The van der Waals surface area contributed by atoms with Gasteiger partial charge in [-0.05, 0) is 55.2 Å². The molecule has 0 aliphatic heterocycles. The van der Waals surface area contributed by atoms with E-state index >= 15 is 0 Å². The maximum atomic E-state index is 10.9. The fourth-order valence-electron chi connectivity index (χ4n) is 2.58. The van der Waals surface area contributed by atoms with Crippen LogP contribution in [0.2, 0.25) is 0 Å². The van der Waals surface area contributed by atoms with E-state index in [4.69, 9.17) is 5.11 Å². The summed E-state index contributed by atoms with van der Waals surface area (Å²) in [5.41, 5.74) is 2.56. The van der Waals surface area contributed by atoms with Crippen molar-refractivity contribution in [2.75, 3.05) is 0 Å². The summed E-state index contributed by atoms with van der Waals surface area (Å²) in [5.74, 6) is 0.150. The molecule has 2 nitrogen and oxygen atoms in total. The first kappa shape index (κ1) is 13.6. The second kappa shape index (κ2) is 5.43. The van der Waals surface area contributed by atoms with Gasteiger partial charge in [-0.1, -0.05) is 35.0 Å². The number of carboxylic acids is 1. The third-order valence-electron chi connectivity index (χ3n) is 3.99. The Balaban J connectivity index is 2.05. The van der Waals surface area contributed by atoms with Crippen molar-refractivity contribution in [3.8, 4) is 0 Å². The number of rotatable bonds is 5. The number of hydrogen-bond acceptors (Lipinski definition) is 1. The zero-order valence-electron chi connectivity index (χ0n) is 10.8. The summed E-state index contributed by atoms with van der Waals surface area (Å²) in [6.07, 6.45) is 2.93. The minimum absolute atomic E-state index is 0.0899. The van der Waals surface area contributed by atoms with Gasteiger partial charge >= 0.3 is 5.97 Å². The molecule has 1 N–H and O–H groups in total. The van der Waals surface area contributed by atoms with E-state index in [0.717, 1.165) is 23.7 Å². The van der Waals surface area contributed by atoms with Gasteiger partial charge in [0.1, 0.15) is 0 Å². The molecule has 0 heterocycles. The Bertz CT molecular complexity index is 456. The van der Waals surface area contributed by atoms with Crippen LogP contribution in [0.25, 0.3) is 0 Å². The molecule has 1 aromatic rings. The Morgan fingerprint density at radius 2 is 2.28 bits per heavy atom. The molecule has 0 amide bonds. The maximum absolute atomic E-state index is 10.9. The Kier molecular flexibility index (Phi) is 4.10. The highest BCUT2D eigenvalue weighted by molar-refractivity contribution is 9.10. The molecule has 0 saturated heterocycles. The minimum Gasteiger partial charge on any atom is -0.481 e. The molecule has 0 bridgehead atoms. The predicted octanol–water partition coefficient (Wildman–Crippen LogP) is 4.36. The number of aryl methyl sites for hydroxylation is 1. The molecule has 1 aliphatic rings. The van der Waals surface area contributed by atoms with E-state index in [1.807, 2.05) is 0 Å². The zero-order valence-corrected chi connectivity index (χ0v) is 12.4. The number of carbonyl (C=O) groups is 1. The lowest BCUT2D eigenvalue weighted by Gasteiger charge is -2.16. The van der Waals surface area contributed by atoms with E-state index < -0.39 is 5.97 Å². The normalized spacial score (nSPS) is 23.7. The SMILES string of the molecule is CCC(CC1CC1C(=O)O)c1ccc(C)c(Br)c1. The zero-order chi connectivity index (χ0) is 13.3. The molecule has 0 spiro atoms. The van der Waals surface area contributed by atoms with Crippen LogP contribution in [-0.4, -0.2) is 11.1 Å². The molecule has 1 aliphatic carbocycles. The first-order chi connectivity index (χ1) is 8.52.